The molecule has 0 spiro atoms. The van der Waals surface area contributed by atoms with Crippen LogP contribution in [0.5, 0.6) is 23.0 Å². The molecule has 30 heavy (non-hydrogen) atoms. The molecule has 2 aromatic carbocycles. The first-order valence-electron chi connectivity index (χ1n) is 9.49. The quantitative estimate of drug-likeness (QED) is 0.699. The molecule has 0 radical (unpaired) electrons. The van der Waals surface area contributed by atoms with Gasteiger partial charge in [0.2, 0.25) is 0 Å². The number of ether oxygens (including phenoxy) is 4. The average molecular weight is 408 g/mol. The molecule has 7 nitrogen and oxygen atoms in total. The third-order valence-electron chi connectivity index (χ3n) is 4.94. The van der Waals surface area contributed by atoms with Gasteiger partial charge in [-0.3, -0.25) is 4.79 Å². The molecule has 156 valence electrons. The fourth-order valence-corrected chi connectivity index (χ4v) is 3.31. The van der Waals surface area contributed by atoms with Crippen LogP contribution >= 0.6 is 0 Å². The Morgan fingerprint density at radius 1 is 1.03 bits per heavy atom. The van der Waals surface area contributed by atoms with Gasteiger partial charge in [-0.25, -0.2) is 0 Å². The lowest BCUT2D eigenvalue weighted by Crippen LogP contribution is -2.37. The van der Waals surface area contributed by atoms with Crippen molar-refractivity contribution in [2.75, 3.05) is 41.0 Å². The molecule has 1 aliphatic heterocycles. The molecule has 1 amide bonds. The van der Waals surface area contributed by atoms with E-state index in [0.29, 0.717) is 48.1 Å². The Balaban J connectivity index is 1.67. The zero-order valence-electron chi connectivity index (χ0n) is 17.3. The highest BCUT2D eigenvalue weighted by Gasteiger charge is 2.23. The molecular weight excluding hydrogens is 384 g/mol. The molecule has 0 atom stereocenters. The monoisotopic (exact) mass is 408 g/mol. The fourth-order valence-electron chi connectivity index (χ4n) is 3.31. The van der Waals surface area contributed by atoms with E-state index in [1.165, 1.54) is 0 Å². The summed E-state index contributed by atoms with van der Waals surface area (Å²) < 4.78 is 21.9. The SMILES string of the molecule is COc1cc(OC)c(C2=CCN(C(=O)COc3ccc(C#N)cc3)CC2)c(OC)c1. The average Bonchev–Trinajstić information content (AvgIpc) is 2.81. The summed E-state index contributed by atoms with van der Waals surface area (Å²) in [6.07, 6.45) is 2.68. The Labute approximate surface area is 176 Å². The molecule has 7 heteroatoms. The molecule has 0 fully saturated rings. The van der Waals surface area contributed by atoms with E-state index in [1.807, 2.05) is 24.3 Å². The van der Waals surface area contributed by atoms with E-state index < -0.39 is 0 Å². The minimum atomic E-state index is -0.0941. The third kappa shape index (κ3) is 4.66. The van der Waals surface area contributed by atoms with Crippen LogP contribution in [0.25, 0.3) is 5.57 Å². The van der Waals surface area contributed by atoms with Crippen molar-refractivity contribution >= 4 is 11.5 Å². The number of hydrogen-bond acceptors (Lipinski definition) is 6. The fraction of sp³-hybridized carbons (Fsp3) is 0.304. The van der Waals surface area contributed by atoms with Crippen LogP contribution < -0.4 is 18.9 Å². The summed E-state index contributed by atoms with van der Waals surface area (Å²) in [5.41, 5.74) is 2.48. The molecule has 0 bridgehead atoms. The molecule has 0 unspecified atom stereocenters. The molecule has 3 rings (SSSR count). The van der Waals surface area contributed by atoms with Crippen molar-refractivity contribution in [3.63, 3.8) is 0 Å². The standard InChI is InChI=1S/C23H24N2O5/c1-27-19-12-20(28-2)23(21(13-19)29-3)17-8-10-25(11-9-17)22(26)15-30-18-6-4-16(14-24)5-7-18/h4-8,12-13H,9-11,15H2,1-3H3. The Morgan fingerprint density at radius 2 is 1.70 bits per heavy atom. The van der Waals surface area contributed by atoms with Gasteiger partial charge >= 0.3 is 0 Å². The minimum Gasteiger partial charge on any atom is -0.496 e. The van der Waals surface area contributed by atoms with E-state index >= 15 is 0 Å². The molecule has 2 aromatic rings. The smallest absolute Gasteiger partial charge is 0.260 e. The van der Waals surface area contributed by atoms with Gasteiger partial charge in [0.15, 0.2) is 6.61 Å². The number of benzene rings is 2. The number of carbonyl (C=O) groups excluding carboxylic acids is 1. The number of nitriles is 1. The molecule has 0 saturated heterocycles. The van der Waals surface area contributed by atoms with Crippen molar-refractivity contribution in [1.82, 2.24) is 4.90 Å². The van der Waals surface area contributed by atoms with Gasteiger partial charge < -0.3 is 23.8 Å². The van der Waals surface area contributed by atoms with Crippen LogP contribution in [0.4, 0.5) is 0 Å². The largest absolute Gasteiger partial charge is 0.496 e. The second-order valence-corrected chi connectivity index (χ2v) is 6.65. The summed E-state index contributed by atoms with van der Waals surface area (Å²) in [4.78, 5) is 14.3. The number of methoxy groups -OCH3 is 3. The molecule has 0 aromatic heterocycles. The Morgan fingerprint density at radius 3 is 2.20 bits per heavy atom. The highest BCUT2D eigenvalue weighted by Crippen LogP contribution is 2.40. The highest BCUT2D eigenvalue weighted by atomic mass is 16.5. The maximum absolute atomic E-state index is 12.5. The molecule has 1 aliphatic rings. The van der Waals surface area contributed by atoms with E-state index in [0.717, 1.165) is 11.1 Å². The van der Waals surface area contributed by atoms with E-state index in [4.69, 9.17) is 24.2 Å². The van der Waals surface area contributed by atoms with Crippen LogP contribution in [0.1, 0.15) is 17.5 Å². The number of hydrogen-bond donors (Lipinski definition) is 0. The predicted molar refractivity (Wildman–Crippen MR) is 112 cm³/mol. The van der Waals surface area contributed by atoms with Gasteiger partial charge in [0, 0.05) is 25.2 Å². The lowest BCUT2D eigenvalue weighted by Gasteiger charge is -2.28. The summed E-state index contributed by atoms with van der Waals surface area (Å²) in [6, 6.07) is 12.4. The normalized spacial score (nSPS) is 13.1. The lowest BCUT2D eigenvalue weighted by molar-refractivity contribution is -0.132. The second kappa shape index (κ2) is 9.70. The zero-order chi connectivity index (χ0) is 21.5. The Kier molecular flexibility index (Phi) is 6.81. The molecule has 0 aliphatic carbocycles. The van der Waals surface area contributed by atoms with Crippen LogP contribution in [-0.4, -0.2) is 51.8 Å². The summed E-state index contributed by atoms with van der Waals surface area (Å²) in [5.74, 6) is 2.45. The molecular formula is C23H24N2O5. The topological polar surface area (TPSA) is 81.0 Å². The van der Waals surface area contributed by atoms with Gasteiger partial charge in [-0.05, 0) is 36.3 Å². The first kappa shape index (κ1) is 21.1. The predicted octanol–water partition coefficient (Wildman–Crippen LogP) is 3.28. The first-order valence-corrected chi connectivity index (χ1v) is 9.49. The van der Waals surface area contributed by atoms with Crippen LogP contribution in [0.15, 0.2) is 42.5 Å². The van der Waals surface area contributed by atoms with Crippen molar-refractivity contribution in [2.45, 2.75) is 6.42 Å². The number of carbonyl (C=O) groups is 1. The Hall–Kier alpha value is -3.66. The molecule has 0 saturated carbocycles. The zero-order valence-corrected chi connectivity index (χ0v) is 17.3. The van der Waals surface area contributed by atoms with Gasteiger partial charge in [-0.2, -0.15) is 5.26 Å². The van der Waals surface area contributed by atoms with Crippen LogP contribution in [-0.2, 0) is 4.79 Å². The van der Waals surface area contributed by atoms with Crippen LogP contribution in [0.2, 0.25) is 0 Å². The van der Waals surface area contributed by atoms with Crippen molar-refractivity contribution in [3.8, 4) is 29.1 Å². The van der Waals surface area contributed by atoms with Crippen LogP contribution in [0.3, 0.4) is 0 Å². The maximum Gasteiger partial charge on any atom is 0.260 e. The summed E-state index contributed by atoms with van der Waals surface area (Å²) in [6.45, 7) is 0.993. The van der Waals surface area contributed by atoms with Gasteiger partial charge in [0.05, 0.1) is 38.5 Å². The van der Waals surface area contributed by atoms with Crippen molar-refractivity contribution in [1.29, 1.82) is 5.26 Å². The van der Waals surface area contributed by atoms with Gasteiger partial charge in [0.1, 0.15) is 23.0 Å². The summed E-state index contributed by atoms with van der Waals surface area (Å²) >= 11 is 0. The third-order valence-corrected chi connectivity index (χ3v) is 4.94. The van der Waals surface area contributed by atoms with Crippen molar-refractivity contribution < 1.29 is 23.7 Å². The van der Waals surface area contributed by atoms with E-state index in [9.17, 15) is 4.79 Å². The van der Waals surface area contributed by atoms with E-state index in [-0.39, 0.29) is 12.5 Å². The molecule has 0 N–H and O–H groups in total. The Bertz CT molecular complexity index is 951. The highest BCUT2D eigenvalue weighted by molar-refractivity contribution is 5.81. The maximum atomic E-state index is 12.5. The lowest BCUT2D eigenvalue weighted by atomic mass is 9.97. The minimum absolute atomic E-state index is 0.0513. The number of amides is 1. The van der Waals surface area contributed by atoms with E-state index in [2.05, 4.69) is 0 Å². The summed E-state index contributed by atoms with van der Waals surface area (Å²) in [7, 11) is 4.81. The first-order chi connectivity index (χ1) is 14.6. The second-order valence-electron chi connectivity index (χ2n) is 6.65. The molecule has 1 heterocycles. The summed E-state index contributed by atoms with van der Waals surface area (Å²) in [5, 5.41) is 8.83. The van der Waals surface area contributed by atoms with Gasteiger partial charge in [-0.1, -0.05) is 6.08 Å². The van der Waals surface area contributed by atoms with Crippen molar-refractivity contribution in [3.05, 3.63) is 53.6 Å². The van der Waals surface area contributed by atoms with E-state index in [1.54, 1.807) is 50.5 Å². The van der Waals surface area contributed by atoms with Crippen LogP contribution in [0, 0.1) is 11.3 Å². The van der Waals surface area contributed by atoms with Crippen molar-refractivity contribution in [2.24, 2.45) is 0 Å². The van der Waals surface area contributed by atoms with Gasteiger partial charge in [0.25, 0.3) is 5.91 Å². The van der Waals surface area contributed by atoms with Gasteiger partial charge in [-0.15, -0.1) is 0 Å². The number of rotatable bonds is 7. The number of nitrogens with zero attached hydrogens (tertiary/aromatic N) is 2.